The van der Waals surface area contributed by atoms with Gasteiger partial charge in [-0.3, -0.25) is 4.79 Å². The van der Waals surface area contributed by atoms with E-state index >= 15 is 0 Å². The molecule has 2 nitrogen and oxygen atoms in total. The molecule has 1 aliphatic heterocycles. The van der Waals surface area contributed by atoms with Crippen molar-refractivity contribution in [2.75, 3.05) is 0 Å². The van der Waals surface area contributed by atoms with E-state index in [1.54, 1.807) is 0 Å². The molecular formula is C26H26NO+. The van der Waals surface area contributed by atoms with Crippen molar-refractivity contribution in [3.05, 3.63) is 89.6 Å². The van der Waals surface area contributed by atoms with Gasteiger partial charge in [0.2, 0.25) is 5.69 Å². The minimum Gasteiger partial charge on any atom is -0.288 e. The highest BCUT2D eigenvalue weighted by atomic mass is 16.1. The van der Waals surface area contributed by atoms with Gasteiger partial charge >= 0.3 is 0 Å². The second-order valence-electron chi connectivity index (χ2n) is 8.23. The Morgan fingerprint density at radius 1 is 0.857 bits per heavy atom. The van der Waals surface area contributed by atoms with Crippen LogP contribution in [0.1, 0.15) is 61.0 Å². The van der Waals surface area contributed by atoms with Gasteiger partial charge in [0.15, 0.2) is 17.5 Å². The second-order valence-corrected chi connectivity index (χ2v) is 8.23. The summed E-state index contributed by atoms with van der Waals surface area (Å²) in [6.07, 6.45) is 6.73. The molecule has 0 saturated heterocycles. The molecule has 1 saturated carbocycles. The van der Waals surface area contributed by atoms with Crippen LogP contribution in [0.5, 0.6) is 0 Å². The zero-order chi connectivity index (χ0) is 19.4. The minimum atomic E-state index is 0.0679. The lowest BCUT2D eigenvalue weighted by Gasteiger charge is -2.57. The molecule has 0 spiro atoms. The molecule has 0 bridgehead atoms. The summed E-state index contributed by atoms with van der Waals surface area (Å²) in [5.41, 5.74) is 5.83. The van der Waals surface area contributed by atoms with E-state index in [4.69, 9.17) is 0 Å². The van der Waals surface area contributed by atoms with Crippen LogP contribution in [0.2, 0.25) is 0 Å². The summed E-state index contributed by atoms with van der Waals surface area (Å²) in [7, 11) is 0. The summed E-state index contributed by atoms with van der Waals surface area (Å²) >= 11 is 0. The quantitative estimate of drug-likeness (QED) is 0.444. The molecule has 2 atom stereocenters. The van der Waals surface area contributed by atoms with Crippen LogP contribution in [0.3, 0.4) is 0 Å². The number of hydrogen-bond acceptors (Lipinski definition) is 1. The lowest BCUT2D eigenvalue weighted by molar-refractivity contribution is -0.783. The summed E-state index contributed by atoms with van der Waals surface area (Å²) in [5, 5.41) is 0. The third-order valence-corrected chi connectivity index (χ3v) is 7.47. The maximum atomic E-state index is 13.1. The number of nitrogens with zero attached hydrogens (tertiary/aromatic N) is 1. The van der Waals surface area contributed by atoms with Gasteiger partial charge in [-0.1, -0.05) is 62.4 Å². The third kappa shape index (κ3) is 2.03. The van der Waals surface area contributed by atoms with E-state index in [9.17, 15) is 4.79 Å². The lowest BCUT2D eigenvalue weighted by atomic mass is 9.47. The van der Waals surface area contributed by atoms with Gasteiger partial charge in [-0.15, -0.1) is 0 Å². The Morgan fingerprint density at radius 3 is 2.29 bits per heavy atom. The largest absolute Gasteiger partial charge is 0.288 e. The summed E-state index contributed by atoms with van der Waals surface area (Å²) < 4.78 is 2.46. The fourth-order valence-electron chi connectivity index (χ4n) is 5.92. The number of carbonyl (C=O) groups excluding carboxylic acids is 1. The van der Waals surface area contributed by atoms with Crippen LogP contribution in [0.25, 0.3) is 11.3 Å². The Kier molecular flexibility index (Phi) is 3.80. The van der Waals surface area contributed by atoms with Crippen molar-refractivity contribution in [1.82, 2.24) is 0 Å². The number of fused-ring (bicyclic) bond motifs is 6. The third-order valence-electron chi connectivity index (χ3n) is 7.47. The molecule has 2 unspecified atom stereocenters. The Balaban J connectivity index is 1.74. The Morgan fingerprint density at radius 2 is 1.61 bits per heavy atom. The van der Waals surface area contributed by atoms with E-state index in [2.05, 4.69) is 54.9 Å². The Labute approximate surface area is 166 Å². The van der Waals surface area contributed by atoms with Crippen molar-refractivity contribution in [1.29, 1.82) is 0 Å². The topological polar surface area (TPSA) is 20.9 Å². The van der Waals surface area contributed by atoms with Gasteiger partial charge in [0.05, 0.1) is 16.5 Å². The van der Waals surface area contributed by atoms with Crippen LogP contribution >= 0.6 is 0 Å². The highest BCUT2D eigenvalue weighted by Gasteiger charge is 2.68. The molecular weight excluding hydrogens is 342 g/mol. The predicted octanol–water partition coefficient (Wildman–Crippen LogP) is 5.43. The van der Waals surface area contributed by atoms with E-state index in [-0.39, 0.29) is 16.7 Å². The fraction of sp³-hybridized carbons (Fsp3) is 0.308. The second kappa shape index (κ2) is 6.13. The van der Waals surface area contributed by atoms with E-state index in [1.165, 1.54) is 29.7 Å². The van der Waals surface area contributed by atoms with Crippen molar-refractivity contribution in [3.8, 4) is 11.3 Å². The number of benzene rings is 2. The highest BCUT2D eigenvalue weighted by Crippen LogP contribution is 2.61. The van der Waals surface area contributed by atoms with Gasteiger partial charge in [-0.2, -0.15) is 4.57 Å². The van der Waals surface area contributed by atoms with Crippen LogP contribution in [-0.2, 0) is 11.0 Å². The van der Waals surface area contributed by atoms with E-state index in [1.807, 2.05) is 36.4 Å². The summed E-state index contributed by atoms with van der Waals surface area (Å²) in [5.74, 6) is 0.0995. The first-order valence-corrected chi connectivity index (χ1v) is 10.4. The summed E-state index contributed by atoms with van der Waals surface area (Å²) in [6.45, 7) is 4.63. The number of ketones is 1. The van der Waals surface area contributed by atoms with Gasteiger partial charge < -0.3 is 0 Å². The number of hydrogen-bond donors (Lipinski definition) is 0. The monoisotopic (exact) mass is 368 g/mol. The van der Waals surface area contributed by atoms with Crippen LogP contribution in [0.15, 0.2) is 72.9 Å². The van der Waals surface area contributed by atoms with Gasteiger partial charge in [0.1, 0.15) is 0 Å². The van der Waals surface area contributed by atoms with Crippen molar-refractivity contribution in [3.63, 3.8) is 0 Å². The molecule has 0 radical (unpaired) electrons. The molecule has 5 rings (SSSR count). The Hall–Kier alpha value is -2.74. The van der Waals surface area contributed by atoms with Crippen molar-refractivity contribution in [2.24, 2.45) is 0 Å². The van der Waals surface area contributed by atoms with Crippen molar-refractivity contribution >= 4 is 5.78 Å². The van der Waals surface area contributed by atoms with Gasteiger partial charge in [0.25, 0.3) is 0 Å². The van der Waals surface area contributed by atoms with Crippen molar-refractivity contribution in [2.45, 2.75) is 50.5 Å². The molecule has 2 heteroatoms. The fourth-order valence-corrected chi connectivity index (χ4v) is 5.92. The number of pyridine rings is 1. The molecule has 0 N–H and O–H groups in total. The number of aromatic nitrogens is 1. The molecule has 3 aromatic rings. The predicted molar refractivity (Wildman–Crippen MR) is 111 cm³/mol. The zero-order valence-corrected chi connectivity index (χ0v) is 16.6. The standard InChI is InChI=1S/C26H26NO/c1-3-25-16-17-26(25,4-2)27-18-20(24(28)19-10-6-5-7-11-19)14-15-23(27)21-12-8-9-13-22(21)25/h5-15,18H,3-4,16-17H2,1-2H3/q+1. The van der Waals surface area contributed by atoms with Crippen molar-refractivity contribution < 1.29 is 9.36 Å². The Bertz CT molecular complexity index is 1060. The maximum Gasteiger partial charge on any atom is 0.213 e. The first-order chi connectivity index (χ1) is 13.7. The van der Waals surface area contributed by atoms with Crippen LogP contribution < -0.4 is 4.57 Å². The number of carbonyl (C=O) groups is 1. The van der Waals surface area contributed by atoms with Crippen LogP contribution in [0, 0.1) is 0 Å². The smallest absolute Gasteiger partial charge is 0.213 e. The molecule has 2 aliphatic rings. The van der Waals surface area contributed by atoms with Crippen LogP contribution in [0.4, 0.5) is 0 Å². The SMILES string of the molecule is CCC12CCC1(CC)[n+]1cc(C(=O)c3ccccc3)ccc1-c1ccccc12. The van der Waals surface area contributed by atoms with Gasteiger partial charge in [-0.05, 0) is 30.5 Å². The molecule has 2 aromatic carbocycles. The first-order valence-electron chi connectivity index (χ1n) is 10.4. The molecule has 28 heavy (non-hydrogen) atoms. The molecule has 2 heterocycles. The summed E-state index contributed by atoms with van der Waals surface area (Å²) in [6, 6.07) is 22.6. The molecule has 140 valence electrons. The average Bonchev–Trinajstić information content (AvgIpc) is 2.74. The maximum absolute atomic E-state index is 13.1. The van der Waals surface area contributed by atoms with Gasteiger partial charge in [-0.25, -0.2) is 0 Å². The molecule has 1 aliphatic carbocycles. The molecule has 1 aromatic heterocycles. The van der Waals surface area contributed by atoms with Gasteiger partial charge in [0, 0.05) is 24.5 Å². The van der Waals surface area contributed by atoms with E-state index in [0.29, 0.717) is 0 Å². The first kappa shape index (κ1) is 17.4. The van der Waals surface area contributed by atoms with E-state index < -0.39 is 0 Å². The molecule has 0 amide bonds. The minimum absolute atomic E-state index is 0.0679. The van der Waals surface area contributed by atoms with Crippen LogP contribution in [-0.4, -0.2) is 5.78 Å². The zero-order valence-electron chi connectivity index (χ0n) is 16.6. The van der Waals surface area contributed by atoms with E-state index in [0.717, 1.165) is 24.0 Å². The normalized spacial score (nSPS) is 24.5. The summed E-state index contributed by atoms with van der Waals surface area (Å²) in [4.78, 5) is 13.1. The average molecular weight is 369 g/mol. The highest BCUT2D eigenvalue weighted by molar-refractivity contribution is 6.08. The molecule has 1 fully saturated rings. The number of rotatable bonds is 4. The lowest BCUT2D eigenvalue weighted by Crippen LogP contribution is -2.75.